The average molecular weight is 378 g/mol. The molecule has 2 amide bonds. The molecule has 1 fully saturated rings. The van der Waals surface area contributed by atoms with E-state index in [1.165, 1.54) is 22.9 Å². The largest absolute Gasteiger partial charge is 0.364 e. The molecular formula is C21H19FN4O2. The third-order valence-corrected chi connectivity index (χ3v) is 5.25. The van der Waals surface area contributed by atoms with Crippen molar-refractivity contribution < 1.29 is 14.0 Å². The van der Waals surface area contributed by atoms with Gasteiger partial charge in [0.25, 0.3) is 5.91 Å². The monoisotopic (exact) mass is 378 g/mol. The number of carbonyl (C=O) groups is 2. The molecule has 7 heteroatoms. The van der Waals surface area contributed by atoms with Gasteiger partial charge in [-0.25, -0.2) is 9.07 Å². The Morgan fingerprint density at radius 1 is 1.11 bits per heavy atom. The minimum absolute atomic E-state index is 0.132. The summed E-state index contributed by atoms with van der Waals surface area (Å²) in [5.74, 6) is -1.06. The first-order chi connectivity index (χ1) is 13.5. The van der Waals surface area contributed by atoms with E-state index in [0.29, 0.717) is 24.1 Å². The fourth-order valence-electron chi connectivity index (χ4n) is 3.51. The van der Waals surface area contributed by atoms with E-state index in [1.807, 2.05) is 0 Å². The average Bonchev–Trinajstić information content (AvgIpc) is 3.12. The topological polar surface area (TPSA) is 90.0 Å². The van der Waals surface area contributed by atoms with Crippen LogP contribution in [0.2, 0.25) is 0 Å². The van der Waals surface area contributed by atoms with Gasteiger partial charge in [-0.1, -0.05) is 18.6 Å². The molecule has 4 rings (SSSR count). The number of nitrogens with one attached hydrogen (secondary N) is 1. The van der Waals surface area contributed by atoms with Gasteiger partial charge in [0.05, 0.1) is 11.1 Å². The van der Waals surface area contributed by atoms with Gasteiger partial charge < -0.3 is 11.1 Å². The van der Waals surface area contributed by atoms with Crippen LogP contribution in [0, 0.1) is 5.82 Å². The van der Waals surface area contributed by atoms with Crippen LogP contribution in [0.25, 0.3) is 5.69 Å². The zero-order valence-corrected chi connectivity index (χ0v) is 15.1. The number of carbonyl (C=O) groups excluding carboxylic acids is 2. The van der Waals surface area contributed by atoms with Crippen molar-refractivity contribution >= 4 is 17.5 Å². The van der Waals surface area contributed by atoms with Crippen molar-refractivity contribution in [3.8, 4) is 5.69 Å². The van der Waals surface area contributed by atoms with E-state index in [4.69, 9.17) is 5.73 Å². The van der Waals surface area contributed by atoms with E-state index in [1.54, 1.807) is 42.6 Å². The molecule has 0 radical (unpaired) electrons. The molecular weight excluding hydrogens is 359 g/mol. The van der Waals surface area contributed by atoms with Crippen LogP contribution in [0.1, 0.15) is 35.3 Å². The van der Waals surface area contributed by atoms with Gasteiger partial charge >= 0.3 is 0 Å². The molecule has 0 saturated heterocycles. The highest BCUT2D eigenvalue weighted by Crippen LogP contribution is 2.44. The third kappa shape index (κ3) is 3.15. The SMILES string of the molecule is NC(=O)c1ccn(-c2ccc(NC(=O)C3(c4cccc(F)c4)CCC3)cc2)n1. The quantitative estimate of drug-likeness (QED) is 0.714. The molecule has 0 spiro atoms. The smallest absolute Gasteiger partial charge is 0.269 e. The molecule has 1 aromatic heterocycles. The van der Waals surface area contributed by atoms with Crippen LogP contribution in [0.15, 0.2) is 60.8 Å². The Morgan fingerprint density at radius 2 is 1.86 bits per heavy atom. The van der Waals surface area contributed by atoms with Crippen molar-refractivity contribution in [2.45, 2.75) is 24.7 Å². The first kappa shape index (κ1) is 17.9. The summed E-state index contributed by atoms with van der Waals surface area (Å²) in [5, 5.41) is 7.04. The third-order valence-electron chi connectivity index (χ3n) is 5.25. The summed E-state index contributed by atoms with van der Waals surface area (Å²) in [6, 6.07) is 14.9. The van der Waals surface area contributed by atoms with Gasteiger partial charge in [-0.15, -0.1) is 0 Å². The Labute approximate surface area is 161 Å². The second-order valence-corrected chi connectivity index (χ2v) is 6.96. The van der Waals surface area contributed by atoms with Gasteiger partial charge in [0.15, 0.2) is 0 Å². The zero-order chi connectivity index (χ0) is 19.7. The molecule has 0 unspecified atom stereocenters. The van der Waals surface area contributed by atoms with Crippen LogP contribution in [-0.4, -0.2) is 21.6 Å². The summed E-state index contributed by atoms with van der Waals surface area (Å²) in [6.07, 6.45) is 3.97. The predicted octanol–water partition coefficient (Wildman–Crippen LogP) is 3.17. The highest BCUT2D eigenvalue weighted by Gasteiger charge is 2.45. The first-order valence-electron chi connectivity index (χ1n) is 9.01. The number of primary amides is 1. The molecule has 3 N–H and O–H groups in total. The lowest BCUT2D eigenvalue weighted by Gasteiger charge is -2.40. The molecule has 1 aliphatic carbocycles. The highest BCUT2D eigenvalue weighted by atomic mass is 19.1. The number of hydrogen-bond acceptors (Lipinski definition) is 3. The van der Waals surface area contributed by atoms with Gasteiger partial charge in [-0.2, -0.15) is 5.10 Å². The van der Waals surface area contributed by atoms with E-state index >= 15 is 0 Å². The molecule has 0 atom stereocenters. The molecule has 0 aliphatic heterocycles. The lowest BCUT2D eigenvalue weighted by Crippen LogP contribution is -2.46. The Bertz CT molecular complexity index is 1040. The minimum atomic E-state index is -0.681. The van der Waals surface area contributed by atoms with E-state index in [0.717, 1.165) is 12.1 Å². The van der Waals surface area contributed by atoms with Crippen molar-refractivity contribution in [2.24, 2.45) is 5.73 Å². The van der Waals surface area contributed by atoms with Crippen molar-refractivity contribution in [3.05, 3.63) is 77.9 Å². The van der Waals surface area contributed by atoms with Gasteiger partial charge in [0.2, 0.25) is 5.91 Å². The van der Waals surface area contributed by atoms with E-state index < -0.39 is 11.3 Å². The van der Waals surface area contributed by atoms with Crippen molar-refractivity contribution in [1.82, 2.24) is 9.78 Å². The maximum absolute atomic E-state index is 13.6. The highest BCUT2D eigenvalue weighted by molar-refractivity contribution is 6.00. The van der Waals surface area contributed by atoms with Crippen molar-refractivity contribution in [1.29, 1.82) is 0 Å². The van der Waals surface area contributed by atoms with Crippen LogP contribution < -0.4 is 11.1 Å². The van der Waals surface area contributed by atoms with Crippen LogP contribution in [0.5, 0.6) is 0 Å². The molecule has 2 aromatic carbocycles. The van der Waals surface area contributed by atoms with Gasteiger partial charge in [0.1, 0.15) is 11.5 Å². The number of hydrogen-bond donors (Lipinski definition) is 2. The second-order valence-electron chi connectivity index (χ2n) is 6.96. The van der Waals surface area contributed by atoms with Crippen molar-refractivity contribution in [2.75, 3.05) is 5.32 Å². The fourth-order valence-corrected chi connectivity index (χ4v) is 3.51. The minimum Gasteiger partial charge on any atom is -0.364 e. The summed E-state index contributed by atoms with van der Waals surface area (Å²) < 4.78 is 15.2. The summed E-state index contributed by atoms with van der Waals surface area (Å²) in [7, 11) is 0. The number of nitrogens with two attached hydrogens (primary N) is 1. The Hall–Kier alpha value is -3.48. The van der Waals surface area contributed by atoms with E-state index in [-0.39, 0.29) is 17.4 Å². The molecule has 142 valence electrons. The number of aromatic nitrogens is 2. The number of rotatable bonds is 5. The van der Waals surface area contributed by atoms with E-state index in [9.17, 15) is 14.0 Å². The summed E-state index contributed by atoms with van der Waals surface area (Å²) >= 11 is 0. The van der Waals surface area contributed by atoms with Crippen LogP contribution >= 0.6 is 0 Å². The lowest BCUT2D eigenvalue weighted by molar-refractivity contribution is -0.124. The van der Waals surface area contributed by atoms with Crippen molar-refractivity contribution in [3.63, 3.8) is 0 Å². The molecule has 28 heavy (non-hydrogen) atoms. The molecule has 1 saturated carbocycles. The van der Waals surface area contributed by atoms with Gasteiger partial charge in [-0.05, 0) is 60.9 Å². The Balaban J connectivity index is 1.52. The lowest BCUT2D eigenvalue weighted by atomic mass is 9.63. The first-order valence-corrected chi connectivity index (χ1v) is 9.01. The molecule has 0 bridgehead atoms. The number of nitrogens with zero attached hydrogens (tertiary/aromatic N) is 2. The molecule has 1 heterocycles. The Morgan fingerprint density at radius 3 is 2.43 bits per heavy atom. The number of anilines is 1. The standard InChI is InChI=1S/C21H19FN4O2/c22-15-4-1-3-14(13-15)21(10-2-11-21)20(28)24-16-5-7-17(8-6-16)26-12-9-18(25-26)19(23)27/h1,3-9,12-13H,2,10-11H2,(H2,23,27)(H,24,28). The maximum Gasteiger partial charge on any atom is 0.269 e. The molecule has 1 aliphatic rings. The number of halogens is 1. The number of benzene rings is 2. The second kappa shape index (κ2) is 6.92. The zero-order valence-electron chi connectivity index (χ0n) is 15.1. The maximum atomic E-state index is 13.6. The molecule has 6 nitrogen and oxygen atoms in total. The van der Waals surface area contributed by atoms with Crippen LogP contribution in [0.4, 0.5) is 10.1 Å². The normalized spacial score (nSPS) is 14.9. The summed E-state index contributed by atoms with van der Waals surface area (Å²) in [5.41, 5.74) is 6.79. The van der Waals surface area contributed by atoms with Gasteiger partial charge in [0, 0.05) is 11.9 Å². The Kier molecular flexibility index (Phi) is 4.43. The summed E-state index contributed by atoms with van der Waals surface area (Å²) in [4.78, 5) is 24.1. The van der Waals surface area contributed by atoms with Crippen LogP contribution in [-0.2, 0) is 10.2 Å². The predicted molar refractivity (Wildman–Crippen MR) is 103 cm³/mol. The summed E-state index contributed by atoms with van der Waals surface area (Å²) in [6.45, 7) is 0. The fraction of sp³-hybridized carbons (Fsp3) is 0.190. The van der Waals surface area contributed by atoms with E-state index in [2.05, 4.69) is 10.4 Å². The van der Waals surface area contributed by atoms with Gasteiger partial charge in [-0.3, -0.25) is 9.59 Å². The number of amides is 2. The molecule has 3 aromatic rings. The van der Waals surface area contributed by atoms with Crippen LogP contribution in [0.3, 0.4) is 0 Å².